The molecule has 2 rings (SSSR count). The number of hydrogen-bond acceptors (Lipinski definition) is 1. The van der Waals surface area contributed by atoms with Gasteiger partial charge in [0.2, 0.25) is 0 Å². The van der Waals surface area contributed by atoms with E-state index in [1.165, 1.54) is 12.1 Å². The van der Waals surface area contributed by atoms with E-state index < -0.39 is 0 Å². The molecule has 0 unspecified atom stereocenters. The summed E-state index contributed by atoms with van der Waals surface area (Å²) in [5, 5.41) is 4.11. The zero-order valence-corrected chi connectivity index (χ0v) is 9.00. The molecular weight excluding hydrogens is 215 g/mol. The van der Waals surface area contributed by atoms with E-state index >= 15 is 0 Å². The van der Waals surface area contributed by atoms with Crippen LogP contribution in [-0.4, -0.2) is 9.78 Å². The molecule has 1 aromatic heterocycles. The van der Waals surface area contributed by atoms with E-state index in [0.717, 1.165) is 11.1 Å². The topological polar surface area (TPSA) is 17.8 Å². The lowest BCUT2D eigenvalue weighted by Gasteiger charge is -2.03. The van der Waals surface area contributed by atoms with Crippen molar-refractivity contribution < 1.29 is 4.39 Å². The number of aryl methyl sites for hydroxylation is 1. The van der Waals surface area contributed by atoms with Crippen molar-refractivity contribution in [3.05, 3.63) is 47.5 Å². The quantitative estimate of drug-likeness (QED) is 0.717. The molecule has 78 valence electrons. The van der Waals surface area contributed by atoms with E-state index in [9.17, 15) is 4.39 Å². The van der Waals surface area contributed by atoms with Gasteiger partial charge >= 0.3 is 0 Å². The first-order valence-corrected chi connectivity index (χ1v) is 5.09. The van der Waals surface area contributed by atoms with E-state index in [4.69, 9.17) is 11.6 Å². The van der Waals surface area contributed by atoms with E-state index in [2.05, 4.69) is 5.10 Å². The predicted octanol–water partition coefficient (Wildman–Crippen LogP) is 3.06. The summed E-state index contributed by atoms with van der Waals surface area (Å²) in [7, 11) is 0. The number of hydrogen-bond donors (Lipinski definition) is 0. The summed E-state index contributed by atoms with van der Waals surface area (Å²) in [4.78, 5) is 0. The molecule has 0 atom stereocenters. The zero-order chi connectivity index (χ0) is 10.8. The highest BCUT2D eigenvalue weighted by molar-refractivity contribution is 6.17. The van der Waals surface area contributed by atoms with Crippen molar-refractivity contribution in [2.24, 2.45) is 0 Å². The molecule has 0 saturated carbocycles. The van der Waals surface area contributed by atoms with Gasteiger partial charge in [-0.2, -0.15) is 5.10 Å². The van der Waals surface area contributed by atoms with Crippen LogP contribution in [0.1, 0.15) is 11.1 Å². The Bertz CT molecular complexity index is 479. The highest BCUT2D eigenvalue weighted by atomic mass is 35.5. The van der Waals surface area contributed by atoms with Crippen molar-refractivity contribution in [1.82, 2.24) is 9.78 Å². The summed E-state index contributed by atoms with van der Waals surface area (Å²) in [6.07, 6.45) is 3.57. The third kappa shape index (κ3) is 2.18. The molecule has 2 aromatic rings. The van der Waals surface area contributed by atoms with Gasteiger partial charge in [-0.3, -0.25) is 0 Å². The molecule has 0 fully saturated rings. The van der Waals surface area contributed by atoms with Gasteiger partial charge < -0.3 is 0 Å². The molecule has 15 heavy (non-hydrogen) atoms. The lowest BCUT2D eigenvalue weighted by Crippen LogP contribution is -1.96. The van der Waals surface area contributed by atoms with Crippen LogP contribution >= 0.6 is 11.6 Å². The number of benzene rings is 1. The Morgan fingerprint density at radius 3 is 2.80 bits per heavy atom. The fraction of sp³-hybridized carbons (Fsp3) is 0.182. The van der Waals surface area contributed by atoms with Crippen LogP contribution in [0.3, 0.4) is 0 Å². The summed E-state index contributed by atoms with van der Waals surface area (Å²) >= 11 is 5.67. The fourth-order valence-electron chi connectivity index (χ4n) is 1.40. The maximum absolute atomic E-state index is 13.2. The maximum Gasteiger partial charge on any atom is 0.125 e. The standard InChI is InChI=1S/C11H10ClFN2/c1-8-6-14-15(7-8)11-3-9(5-12)2-10(13)4-11/h2-4,6-7H,5H2,1H3. The van der Waals surface area contributed by atoms with Crippen LogP contribution in [0.15, 0.2) is 30.6 Å². The van der Waals surface area contributed by atoms with E-state index in [1.807, 2.05) is 19.2 Å². The SMILES string of the molecule is Cc1cnn(-c2cc(F)cc(CCl)c2)c1. The Labute approximate surface area is 92.3 Å². The Balaban J connectivity index is 2.48. The highest BCUT2D eigenvalue weighted by Gasteiger charge is 2.03. The largest absolute Gasteiger partial charge is 0.241 e. The molecule has 0 spiro atoms. The summed E-state index contributed by atoms with van der Waals surface area (Å²) in [6.45, 7) is 1.94. The molecule has 0 aliphatic carbocycles. The van der Waals surface area contributed by atoms with E-state index in [-0.39, 0.29) is 5.82 Å². The van der Waals surface area contributed by atoms with Gasteiger partial charge in [0.1, 0.15) is 5.82 Å². The van der Waals surface area contributed by atoms with E-state index in [0.29, 0.717) is 11.6 Å². The molecule has 0 N–H and O–H groups in total. The number of alkyl halides is 1. The van der Waals surface area contributed by atoms with Crippen molar-refractivity contribution in [2.45, 2.75) is 12.8 Å². The minimum Gasteiger partial charge on any atom is -0.241 e. The molecule has 0 amide bonds. The van der Waals surface area contributed by atoms with Crippen LogP contribution in [0.4, 0.5) is 4.39 Å². The molecule has 0 aliphatic heterocycles. The Kier molecular flexibility index (Phi) is 2.73. The van der Waals surface area contributed by atoms with Crippen LogP contribution < -0.4 is 0 Å². The predicted molar refractivity (Wildman–Crippen MR) is 57.8 cm³/mol. The molecule has 1 aromatic carbocycles. The van der Waals surface area contributed by atoms with Gasteiger partial charge in [-0.05, 0) is 36.2 Å². The summed E-state index contributed by atoms with van der Waals surface area (Å²) in [6, 6.07) is 4.68. The molecule has 4 heteroatoms. The number of aromatic nitrogens is 2. The van der Waals surface area contributed by atoms with Crippen LogP contribution in [-0.2, 0) is 5.88 Å². The summed E-state index contributed by atoms with van der Waals surface area (Å²) < 4.78 is 14.8. The Hall–Kier alpha value is -1.35. The van der Waals surface area contributed by atoms with Gasteiger partial charge in [0.05, 0.1) is 11.9 Å². The maximum atomic E-state index is 13.2. The van der Waals surface area contributed by atoms with Gasteiger partial charge in [-0.15, -0.1) is 11.6 Å². The van der Waals surface area contributed by atoms with Crippen molar-refractivity contribution in [3.8, 4) is 5.69 Å². The van der Waals surface area contributed by atoms with Crippen molar-refractivity contribution in [2.75, 3.05) is 0 Å². The van der Waals surface area contributed by atoms with Gasteiger partial charge in [-0.1, -0.05) is 0 Å². The first kappa shape index (κ1) is 10.2. The van der Waals surface area contributed by atoms with Crippen molar-refractivity contribution in [3.63, 3.8) is 0 Å². The first-order valence-electron chi connectivity index (χ1n) is 4.56. The number of nitrogens with zero attached hydrogens (tertiary/aromatic N) is 2. The van der Waals surface area contributed by atoms with E-state index in [1.54, 1.807) is 10.9 Å². The third-order valence-corrected chi connectivity index (χ3v) is 2.38. The second-order valence-electron chi connectivity index (χ2n) is 3.41. The van der Waals surface area contributed by atoms with Crippen molar-refractivity contribution in [1.29, 1.82) is 0 Å². The monoisotopic (exact) mass is 224 g/mol. The van der Waals surface area contributed by atoms with Crippen LogP contribution in [0.2, 0.25) is 0 Å². The molecule has 1 heterocycles. The minimum absolute atomic E-state index is 0.295. The first-order chi connectivity index (χ1) is 7.19. The summed E-state index contributed by atoms with van der Waals surface area (Å²) in [5.41, 5.74) is 2.48. The number of rotatable bonds is 2. The Morgan fingerprint density at radius 1 is 1.40 bits per heavy atom. The van der Waals surface area contributed by atoms with Gasteiger partial charge in [0.25, 0.3) is 0 Å². The summed E-state index contributed by atoms with van der Waals surface area (Å²) in [5.74, 6) is 0.00155. The molecule has 0 aliphatic rings. The lowest BCUT2D eigenvalue weighted by atomic mass is 10.2. The number of halogens is 2. The minimum atomic E-state index is -0.295. The molecule has 0 bridgehead atoms. The highest BCUT2D eigenvalue weighted by Crippen LogP contribution is 2.15. The Morgan fingerprint density at radius 2 is 2.20 bits per heavy atom. The molecule has 2 nitrogen and oxygen atoms in total. The molecule has 0 radical (unpaired) electrons. The average molecular weight is 225 g/mol. The van der Waals surface area contributed by atoms with Crippen molar-refractivity contribution >= 4 is 11.6 Å². The van der Waals surface area contributed by atoms with Gasteiger partial charge in [-0.25, -0.2) is 9.07 Å². The van der Waals surface area contributed by atoms with Crippen LogP contribution in [0, 0.1) is 12.7 Å². The average Bonchev–Trinajstić information content (AvgIpc) is 2.64. The van der Waals surface area contributed by atoms with Crippen LogP contribution in [0.5, 0.6) is 0 Å². The second-order valence-corrected chi connectivity index (χ2v) is 3.68. The van der Waals surface area contributed by atoms with Gasteiger partial charge in [0.15, 0.2) is 0 Å². The lowest BCUT2D eigenvalue weighted by molar-refractivity contribution is 0.624. The molecule has 0 saturated heterocycles. The third-order valence-electron chi connectivity index (χ3n) is 2.07. The normalized spacial score (nSPS) is 10.6. The fourth-order valence-corrected chi connectivity index (χ4v) is 1.55. The van der Waals surface area contributed by atoms with Crippen LogP contribution in [0.25, 0.3) is 5.69 Å². The second kappa shape index (κ2) is 4.03. The molecular formula is C11H10ClFN2. The smallest absolute Gasteiger partial charge is 0.125 e. The zero-order valence-electron chi connectivity index (χ0n) is 8.24. The van der Waals surface area contributed by atoms with Gasteiger partial charge in [0, 0.05) is 12.1 Å².